The van der Waals surface area contributed by atoms with Crippen molar-refractivity contribution in [3.05, 3.63) is 65.5 Å². The predicted octanol–water partition coefficient (Wildman–Crippen LogP) is 3.94. The lowest BCUT2D eigenvalue weighted by atomic mass is 10.1. The summed E-state index contributed by atoms with van der Waals surface area (Å²) in [6.07, 6.45) is 1.84. The van der Waals surface area contributed by atoms with Crippen LogP contribution in [0.4, 0.5) is 0 Å². The Bertz CT molecular complexity index is 591. The molecule has 0 fully saturated rings. The lowest BCUT2D eigenvalue weighted by Crippen LogP contribution is -2.27. The van der Waals surface area contributed by atoms with Crippen molar-refractivity contribution in [1.82, 2.24) is 9.88 Å². The van der Waals surface area contributed by atoms with Gasteiger partial charge in [-0.3, -0.25) is 14.7 Å². The zero-order valence-corrected chi connectivity index (χ0v) is 13.6. The van der Waals surface area contributed by atoms with E-state index in [0.717, 1.165) is 30.9 Å². The molecule has 0 bridgehead atoms. The van der Waals surface area contributed by atoms with Crippen LogP contribution in [0.2, 0.25) is 0 Å². The number of aromatic nitrogens is 1. The Morgan fingerprint density at radius 2 is 1.82 bits per heavy atom. The number of ketones is 1. The van der Waals surface area contributed by atoms with Crippen LogP contribution >= 0.6 is 0 Å². The first kappa shape index (κ1) is 16.4. The van der Waals surface area contributed by atoms with Gasteiger partial charge in [-0.2, -0.15) is 0 Å². The summed E-state index contributed by atoms with van der Waals surface area (Å²) in [7, 11) is 0. The van der Waals surface area contributed by atoms with Crippen LogP contribution in [-0.4, -0.2) is 22.2 Å². The van der Waals surface area contributed by atoms with Gasteiger partial charge in [0.25, 0.3) is 0 Å². The summed E-state index contributed by atoms with van der Waals surface area (Å²) < 4.78 is 0. The number of pyridine rings is 1. The van der Waals surface area contributed by atoms with Crippen LogP contribution in [0.25, 0.3) is 0 Å². The molecule has 0 N–H and O–H groups in total. The number of carbonyl (C=O) groups excluding carboxylic acids is 1. The first-order valence-corrected chi connectivity index (χ1v) is 7.76. The zero-order valence-electron chi connectivity index (χ0n) is 13.6. The maximum absolute atomic E-state index is 11.3. The van der Waals surface area contributed by atoms with E-state index in [1.54, 1.807) is 6.92 Å². The third kappa shape index (κ3) is 5.08. The van der Waals surface area contributed by atoms with Crippen molar-refractivity contribution in [1.29, 1.82) is 0 Å². The van der Waals surface area contributed by atoms with Gasteiger partial charge in [-0.25, -0.2) is 0 Å². The van der Waals surface area contributed by atoms with Crippen LogP contribution in [-0.2, 0) is 13.1 Å². The number of Topliss-reactive ketones (excluding diaryl/α,β-unsaturated/α-hetero) is 1. The van der Waals surface area contributed by atoms with E-state index in [0.29, 0.717) is 5.92 Å². The summed E-state index contributed by atoms with van der Waals surface area (Å²) in [6, 6.07) is 13.9. The van der Waals surface area contributed by atoms with Gasteiger partial charge in [0.05, 0.1) is 5.69 Å². The van der Waals surface area contributed by atoms with E-state index in [1.165, 1.54) is 5.56 Å². The average molecular weight is 296 g/mol. The smallest absolute Gasteiger partial charge is 0.159 e. The quantitative estimate of drug-likeness (QED) is 0.726. The minimum atomic E-state index is 0.110. The minimum Gasteiger partial charge on any atom is -0.295 e. The number of benzene rings is 1. The van der Waals surface area contributed by atoms with Crippen LogP contribution < -0.4 is 0 Å². The molecule has 0 atom stereocenters. The molecule has 0 aliphatic carbocycles. The van der Waals surface area contributed by atoms with Crippen LogP contribution in [0, 0.1) is 5.92 Å². The molecule has 0 radical (unpaired) electrons. The van der Waals surface area contributed by atoms with Crippen LogP contribution in [0.1, 0.15) is 42.4 Å². The first-order chi connectivity index (χ1) is 10.5. The van der Waals surface area contributed by atoms with E-state index >= 15 is 0 Å². The Kier molecular flexibility index (Phi) is 5.84. The second-order valence-electron chi connectivity index (χ2n) is 6.14. The SMILES string of the molecule is CC(=O)c1ccc(CN(Cc2ccccn2)CC(C)C)cc1. The molecule has 0 saturated carbocycles. The third-order valence-electron chi connectivity index (χ3n) is 3.50. The highest BCUT2D eigenvalue weighted by molar-refractivity contribution is 5.93. The molecule has 1 heterocycles. The van der Waals surface area contributed by atoms with Crippen molar-refractivity contribution in [2.45, 2.75) is 33.9 Å². The van der Waals surface area contributed by atoms with Crippen LogP contribution in [0.5, 0.6) is 0 Å². The lowest BCUT2D eigenvalue weighted by Gasteiger charge is -2.24. The van der Waals surface area contributed by atoms with Crippen molar-refractivity contribution in [2.75, 3.05) is 6.54 Å². The van der Waals surface area contributed by atoms with Gasteiger partial charge in [-0.15, -0.1) is 0 Å². The molecule has 0 saturated heterocycles. The molecular weight excluding hydrogens is 272 g/mol. The molecule has 2 aromatic rings. The Morgan fingerprint density at radius 1 is 1.09 bits per heavy atom. The Labute approximate surface area is 133 Å². The predicted molar refractivity (Wildman–Crippen MR) is 89.6 cm³/mol. The first-order valence-electron chi connectivity index (χ1n) is 7.76. The number of nitrogens with zero attached hydrogens (tertiary/aromatic N) is 2. The fourth-order valence-electron chi connectivity index (χ4n) is 2.53. The van der Waals surface area contributed by atoms with Crippen molar-refractivity contribution in [3.8, 4) is 0 Å². The van der Waals surface area contributed by atoms with Crippen molar-refractivity contribution < 1.29 is 4.79 Å². The minimum absolute atomic E-state index is 0.110. The van der Waals surface area contributed by atoms with Gasteiger partial charge in [0.2, 0.25) is 0 Å². The van der Waals surface area contributed by atoms with Gasteiger partial charge in [0.1, 0.15) is 0 Å². The van der Waals surface area contributed by atoms with Gasteiger partial charge >= 0.3 is 0 Å². The summed E-state index contributed by atoms with van der Waals surface area (Å²) in [5.74, 6) is 0.708. The number of carbonyl (C=O) groups is 1. The highest BCUT2D eigenvalue weighted by Gasteiger charge is 2.10. The molecule has 0 spiro atoms. The highest BCUT2D eigenvalue weighted by atomic mass is 16.1. The number of hydrogen-bond donors (Lipinski definition) is 0. The van der Waals surface area contributed by atoms with Crippen molar-refractivity contribution in [2.24, 2.45) is 5.92 Å². The molecular formula is C19H24N2O. The van der Waals surface area contributed by atoms with E-state index in [2.05, 4.69) is 29.8 Å². The van der Waals surface area contributed by atoms with Crippen LogP contribution in [0.3, 0.4) is 0 Å². The maximum Gasteiger partial charge on any atom is 0.159 e. The zero-order chi connectivity index (χ0) is 15.9. The average Bonchev–Trinajstić information content (AvgIpc) is 2.48. The molecule has 0 aliphatic heterocycles. The molecule has 2 rings (SSSR count). The van der Waals surface area contributed by atoms with Crippen molar-refractivity contribution >= 4 is 5.78 Å². The Balaban J connectivity index is 2.07. The molecule has 1 aromatic carbocycles. The Hall–Kier alpha value is -2.00. The normalized spacial score (nSPS) is 11.1. The van der Waals surface area contributed by atoms with Gasteiger partial charge in [-0.05, 0) is 30.5 Å². The summed E-state index contributed by atoms with van der Waals surface area (Å²) in [6.45, 7) is 8.78. The van der Waals surface area contributed by atoms with E-state index in [-0.39, 0.29) is 5.78 Å². The van der Waals surface area contributed by atoms with E-state index < -0.39 is 0 Å². The summed E-state index contributed by atoms with van der Waals surface area (Å²) in [5.41, 5.74) is 3.08. The second-order valence-corrected chi connectivity index (χ2v) is 6.14. The van der Waals surface area contributed by atoms with Gasteiger partial charge in [-0.1, -0.05) is 44.2 Å². The molecule has 3 heteroatoms. The third-order valence-corrected chi connectivity index (χ3v) is 3.50. The fraction of sp³-hybridized carbons (Fsp3) is 0.368. The molecule has 3 nitrogen and oxygen atoms in total. The molecule has 0 amide bonds. The summed E-state index contributed by atoms with van der Waals surface area (Å²) in [5, 5.41) is 0. The second kappa shape index (κ2) is 7.85. The standard InChI is InChI=1S/C19H24N2O/c1-15(2)12-21(14-19-6-4-5-11-20-19)13-17-7-9-18(10-8-17)16(3)22/h4-11,15H,12-14H2,1-3H3. The summed E-state index contributed by atoms with van der Waals surface area (Å²) in [4.78, 5) is 18.2. The van der Waals surface area contributed by atoms with Gasteiger partial charge in [0, 0.05) is 31.4 Å². The molecule has 0 aliphatic rings. The molecule has 116 valence electrons. The van der Waals surface area contributed by atoms with Crippen molar-refractivity contribution in [3.63, 3.8) is 0 Å². The van der Waals surface area contributed by atoms with E-state index in [4.69, 9.17) is 0 Å². The van der Waals surface area contributed by atoms with Gasteiger partial charge in [0.15, 0.2) is 5.78 Å². The molecule has 22 heavy (non-hydrogen) atoms. The van der Waals surface area contributed by atoms with E-state index in [9.17, 15) is 4.79 Å². The highest BCUT2D eigenvalue weighted by Crippen LogP contribution is 2.12. The number of hydrogen-bond acceptors (Lipinski definition) is 3. The van der Waals surface area contributed by atoms with Crippen LogP contribution in [0.15, 0.2) is 48.7 Å². The summed E-state index contributed by atoms with van der Waals surface area (Å²) >= 11 is 0. The Morgan fingerprint density at radius 3 is 2.36 bits per heavy atom. The fourth-order valence-corrected chi connectivity index (χ4v) is 2.53. The molecule has 1 aromatic heterocycles. The monoisotopic (exact) mass is 296 g/mol. The van der Waals surface area contributed by atoms with E-state index in [1.807, 2.05) is 42.6 Å². The topological polar surface area (TPSA) is 33.2 Å². The molecule has 0 unspecified atom stereocenters. The van der Waals surface area contributed by atoms with Gasteiger partial charge < -0.3 is 0 Å². The maximum atomic E-state index is 11.3. The lowest BCUT2D eigenvalue weighted by molar-refractivity contribution is 0.101. The number of rotatable bonds is 7. The largest absolute Gasteiger partial charge is 0.295 e.